The third-order valence-electron chi connectivity index (χ3n) is 8.47. The quantitative estimate of drug-likeness (QED) is 0.193. The lowest BCUT2D eigenvalue weighted by molar-refractivity contribution is -0.172. The van der Waals surface area contributed by atoms with Gasteiger partial charge in [-0.05, 0) is 63.8 Å². The molecule has 2 atom stereocenters. The molecular weight excluding hydrogens is 658 g/mol. The molecule has 2 aliphatic rings. The van der Waals surface area contributed by atoms with Crippen LogP contribution in [-0.4, -0.2) is 84.3 Å². The van der Waals surface area contributed by atoms with Gasteiger partial charge in [0.05, 0.1) is 42.0 Å². The number of carbonyl (C=O) groups excluding carboxylic acids is 2. The Kier molecular flexibility index (Phi) is 9.68. The first-order valence-electron chi connectivity index (χ1n) is 15.1. The molecular formula is C32H34F6N8O3. The molecule has 5 rings (SSSR count). The van der Waals surface area contributed by atoms with Gasteiger partial charge in [0.1, 0.15) is 11.8 Å². The number of carbonyl (C=O) groups is 2. The van der Waals surface area contributed by atoms with Crippen LogP contribution in [0.25, 0.3) is 0 Å². The van der Waals surface area contributed by atoms with Crippen LogP contribution in [0.1, 0.15) is 24.5 Å². The minimum absolute atomic E-state index is 0.110. The Hall–Kier alpha value is -5.06. The minimum Gasteiger partial charge on any atom is -0.494 e. The van der Waals surface area contributed by atoms with E-state index in [1.54, 1.807) is 12.1 Å². The summed E-state index contributed by atoms with van der Waals surface area (Å²) in [5, 5.41) is 5.80. The van der Waals surface area contributed by atoms with E-state index in [1.807, 2.05) is 14.1 Å². The second-order valence-corrected chi connectivity index (χ2v) is 11.8. The van der Waals surface area contributed by atoms with Gasteiger partial charge in [-0.2, -0.15) is 31.3 Å². The summed E-state index contributed by atoms with van der Waals surface area (Å²) in [6.07, 6.45) is -6.22. The molecule has 11 nitrogen and oxygen atoms in total. The zero-order valence-corrected chi connectivity index (χ0v) is 27.0. The largest absolute Gasteiger partial charge is 0.494 e. The molecule has 3 aromatic rings. The number of rotatable bonds is 9. The molecule has 2 aliphatic heterocycles. The van der Waals surface area contributed by atoms with E-state index in [0.29, 0.717) is 40.8 Å². The number of likely N-dealkylation sites (N-methyl/N-ethyl adjacent to an activating group) is 1. The van der Waals surface area contributed by atoms with Gasteiger partial charge < -0.3 is 30.1 Å². The lowest BCUT2D eigenvalue weighted by atomic mass is 10.1. The Labute approximate surface area is 278 Å². The number of amides is 3. The summed E-state index contributed by atoms with van der Waals surface area (Å²) in [6, 6.07) is 3.66. The van der Waals surface area contributed by atoms with Gasteiger partial charge in [-0.1, -0.05) is 6.58 Å². The van der Waals surface area contributed by atoms with Crippen molar-refractivity contribution in [1.82, 2.24) is 19.8 Å². The van der Waals surface area contributed by atoms with Crippen molar-refractivity contribution in [2.24, 2.45) is 0 Å². The maximum absolute atomic E-state index is 13.8. The van der Waals surface area contributed by atoms with E-state index in [4.69, 9.17) is 4.74 Å². The molecule has 1 saturated heterocycles. The lowest BCUT2D eigenvalue weighted by Crippen LogP contribution is -2.53. The highest BCUT2D eigenvalue weighted by Gasteiger charge is 2.46. The number of hydrogen-bond donors (Lipinski definition) is 2. The van der Waals surface area contributed by atoms with Crippen molar-refractivity contribution in [3.05, 3.63) is 66.4 Å². The normalized spacial score (nSPS) is 17.2. The van der Waals surface area contributed by atoms with E-state index >= 15 is 0 Å². The number of hydrogen-bond acceptors (Lipinski definition) is 8. The number of halogens is 6. The number of benzene rings is 2. The number of methoxy groups -OCH3 is 1. The molecule has 262 valence electrons. The van der Waals surface area contributed by atoms with Crippen molar-refractivity contribution < 1.29 is 40.7 Å². The Morgan fingerprint density at radius 2 is 1.82 bits per heavy atom. The molecule has 1 aromatic heterocycles. The van der Waals surface area contributed by atoms with Crippen LogP contribution < -0.4 is 25.2 Å². The van der Waals surface area contributed by atoms with Gasteiger partial charge >= 0.3 is 18.4 Å². The Bertz CT molecular complexity index is 1730. The molecule has 3 heterocycles. The minimum atomic E-state index is -4.79. The standard InChI is InChI=1S/C32H34F6N8O3/c1-6-27(47)40-23-13-24(26(49-5)14-25(23)44-12-11-22(17-44)43(3)4)41-29-39-15-19-16-45(18(2)31(33,34)35)30(48)46(28(19)42-29)21-9-7-20(8-10-21)32(36,37)38/h6-10,13-15,18,22H,1,11-12,16-17H2,2-5H3,(H,40,47)(H,39,41,42)/t18-,22+/m0/s1. The third-order valence-corrected chi connectivity index (χ3v) is 8.47. The van der Waals surface area contributed by atoms with Gasteiger partial charge in [-0.25, -0.2) is 14.7 Å². The van der Waals surface area contributed by atoms with Crippen molar-refractivity contribution in [3.8, 4) is 5.75 Å². The molecule has 0 unspecified atom stereocenters. The molecule has 17 heteroatoms. The van der Waals surface area contributed by atoms with E-state index in [0.717, 1.165) is 48.6 Å². The van der Waals surface area contributed by atoms with E-state index in [-0.39, 0.29) is 29.1 Å². The monoisotopic (exact) mass is 692 g/mol. The van der Waals surface area contributed by atoms with Gasteiger partial charge in [0.15, 0.2) is 5.82 Å². The summed E-state index contributed by atoms with van der Waals surface area (Å²) in [7, 11) is 5.41. The fraction of sp³-hybridized carbons (Fsp3) is 0.375. The summed E-state index contributed by atoms with van der Waals surface area (Å²) in [5.41, 5.74) is 0.375. The highest BCUT2D eigenvalue weighted by molar-refractivity contribution is 6.03. The molecule has 0 saturated carbocycles. The SMILES string of the molecule is C=CC(=O)Nc1cc(Nc2ncc3c(n2)N(c2ccc(C(F)(F)F)cc2)C(=O)N([C@@H](C)C(F)(F)F)C3)c(OC)cc1N1CC[C@@H](N(C)C)C1. The van der Waals surface area contributed by atoms with Gasteiger partial charge in [-0.3, -0.25) is 4.79 Å². The molecule has 0 spiro atoms. The highest BCUT2D eigenvalue weighted by Crippen LogP contribution is 2.42. The number of alkyl halides is 6. The topological polar surface area (TPSA) is 106 Å². The number of nitrogens with zero attached hydrogens (tertiary/aromatic N) is 6. The van der Waals surface area contributed by atoms with Crippen LogP contribution in [0, 0.1) is 0 Å². The number of nitrogens with one attached hydrogen (secondary N) is 2. The average molecular weight is 693 g/mol. The van der Waals surface area contributed by atoms with Crippen LogP contribution in [0.5, 0.6) is 5.75 Å². The van der Waals surface area contributed by atoms with E-state index in [2.05, 4.69) is 37.0 Å². The van der Waals surface area contributed by atoms with Crippen molar-refractivity contribution in [3.63, 3.8) is 0 Å². The molecule has 49 heavy (non-hydrogen) atoms. The van der Waals surface area contributed by atoms with Gasteiger partial charge in [0.25, 0.3) is 0 Å². The molecule has 0 aliphatic carbocycles. The third kappa shape index (κ3) is 7.35. The summed E-state index contributed by atoms with van der Waals surface area (Å²) in [4.78, 5) is 40.3. The van der Waals surface area contributed by atoms with Crippen molar-refractivity contribution in [2.75, 3.05) is 54.7 Å². The molecule has 2 aromatic carbocycles. The van der Waals surface area contributed by atoms with E-state index < -0.39 is 42.4 Å². The van der Waals surface area contributed by atoms with Gasteiger partial charge in [0, 0.05) is 37.0 Å². The first-order valence-corrected chi connectivity index (χ1v) is 15.1. The summed E-state index contributed by atoms with van der Waals surface area (Å²) in [5.74, 6) is -0.367. The molecule has 2 N–H and O–H groups in total. The van der Waals surface area contributed by atoms with E-state index in [9.17, 15) is 35.9 Å². The maximum Gasteiger partial charge on any atom is 0.416 e. The number of fused-ring (bicyclic) bond motifs is 1. The number of aromatic nitrogens is 2. The van der Waals surface area contributed by atoms with Crippen LogP contribution >= 0.6 is 0 Å². The smallest absolute Gasteiger partial charge is 0.416 e. The van der Waals surface area contributed by atoms with Crippen LogP contribution in [0.2, 0.25) is 0 Å². The Morgan fingerprint density at radius 3 is 2.39 bits per heavy atom. The van der Waals surface area contributed by atoms with Crippen molar-refractivity contribution in [2.45, 2.75) is 44.3 Å². The average Bonchev–Trinajstić information content (AvgIpc) is 3.54. The van der Waals surface area contributed by atoms with Crippen molar-refractivity contribution >= 4 is 46.5 Å². The highest BCUT2D eigenvalue weighted by atomic mass is 19.4. The summed E-state index contributed by atoms with van der Waals surface area (Å²) in [6.45, 7) is 5.22. The Morgan fingerprint density at radius 1 is 1.12 bits per heavy atom. The molecule has 3 amide bonds. The van der Waals surface area contributed by atoms with Crippen LogP contribution in [0.3, 0.4) is 0 Å². The van der Waals surface area contributed by atoms with Gasteiger partial charge in [-0.15, -0.1) is 0 Å². The Balaban J connectivity index is 1.56. The fourth-order valence-electron chi connectivity index (χ4n) is 5.63. The van der Waals surface area contributed by atoms with E-state index in [1.165, 1.54) is 13.3 Å². The maximum atomic E-state index is 13.8. The molecule has 0 bridgehead atoms. The number of urea groups is 1. The first-order chi connectivity index (χ1) is 23.0. The summed E-state index contributed by atoms with van der Waals surface area (Å²) < 4.78 is 86.8. The van der Waals surface area contributed by atoms with Crippen LogP contribution in [0.4, 0.5) is 65.7 Å². The van der Waals surface area contributed by atoms with Crippen molar-refractivity contribution in [1.29, 1.82) is 0 Å². The number of anilines is 6. The second-order valence-electron chi connectivity index (χ2n) is 11.8. The fourth-order valence-corrected chi connectivity index (χ4v) is 5.63. The summed E-state index contributed by atoms with van der Waals surface area (Å²) >= 11 is 0. The lowest BCUT2D eigenvalue weighted by Gasteiger charge is -2.39. The van der Waals surface area contributed by atoms with Crippen LogP contribution in [0.15, 0.2) is 55.3 Å². The second kappa shape index (κ2) is 13.4. The first kappa shape index (κ1) is 35.3. The zero-order valence-electron chi connectivity index (χ0n) is 27.0. The predicted octanol–water partition coefficient (Wildman–Crippen LogP) is 6.54. The molecule has 1 fully saturated rings. The zero-order chi connectivity index (χ0) is 35.8. The predicted molar refractivity (Wildman–Crippen MR) is 171 cm³/mol. The van der Waals surface area contributed by atoms with Crippen LogP contribution in [-0.2, 0) is 17.5 Å². The molecule has 0 radical (unpaired) electrons. The van der Waals surface area contributed by atoms with Gasteiger partial charge in [0.2, 0.25) is 11.9 Å². The number of ether oxygens (including phenoxy) is 1.